The Bertz CT molecular complexity index is 623. The molecule has 6 nitrogen and oxygen atoms in total. The highest BCUT2D eigenvalue weighted by Crippen LogP contribution is 2.36. The molecule has 0 spiro atoms. The van der Waals surface area contributed by atoms with Crippen LogP contribution in [0.2, 0.25) is 0 Å². The maximum atomic E-state index is 12.7. The fourth-order valence-electron chi connectivity index (χ4n) is 3.36. The summed E-state index contributed by atoms with van der Waals surface area (Å²) >= 11 is 0. The number of carbonyl (C=O) groups excluding carboxylic acids is 1. The van der Waals surface area contributed by atoms with Crippen LogP contribution in [0.5, 0.6) is 0 Å². The Morgan fingerprint density at radius 3 is 2.70 bits per heavy atom. The van der Waals surface area contributed by atoms with Crippen LogP contribution >= 0.6 is 0 Å². The molecule has 0 bridgehead atoms. The van der Waals surface area contributed by atoms with Gasteiger partial charge in [-0.2, -0.15) is 4.31 Å². The van der Waals surface area contributed by atoms with E-state index in [0.717, 1.165) is 25.7 Å². The van der Waals surface area contributed by atoms with E-state index in [1.807, 2.05) is 0 Å². The second-order valence-corrected chi connectivity index (χ2v) is 7.51. The lowest BCUT2D eigenvalue weighted by Gasteiger charge is -2.27. The summed E-state index contributed by atoms with van der Waals surface area (Å²) in [6.07, 6.45) is 6.90. The van der Waals surface area contributed by atoms with Gasteiger partial charge in [0.2, 0.25) is 0 Å². The summed E-state index contributed by atoms with van der Waals surface area (Å²) in [5.41, 5.74) is 0. The predicted molar refractivity (Wildman–Crippen MR) is 72.5 cm³/mol. The van der Waals surface area contributed by atoms with Crippen molar-refractivity contribution in [2.75, 3.05) is 6.54 Å². The van der Waals surface area contributed by atoms with E-state index < -0.39 is 10.0 Å². The normalized spacial score (nSPS) is 28.4. The van der Waals surface area contributed by atoms with Crippen LogP contribution in [-0.2, 0) is 21.9 Å². The number of sulfonamides is 1. The van der Waals surface area contributed by atoms with Crippen LogP contribution in [0.4, 0.5) is 0 Å². The first-order valence-electron chi connectivity index (χ1n) is 7.02. The fourth-order valence-corrected chi connectivity index (χ4v) is 5.06. The zero-order chi connectivity index (χ0) is 14.3. The van der Waals surface area contributed by atoms with E-state index in [1.54, 1.807) is 11.6 Å². The van der Waals surface area contributed by atoms with Crippen molar-refractivity contribution >= 4 is 15.8 Å². The first-order chi connectivity index (χ1) is 9.50. The monoisotopic (exact) mass is 297 g/mol. The van der Waals surface area contributed by atoms with E-state index >= 15 is 0 Å². The van der Waals surface area contributed by atoms with Crippen molar-refractivity contribution in [1.29, 1.82) is 0 Å². The fraction of sp³-hybridized carbons (Fsp3) is 0.692. The maximum Gasteiger partial charge on any atom is 0.262 e. The van der Waals surface area contributed by atoms with Crippen molar-refractivity contribution < 1.29 is 13.2 Å². The Morgan fingerprint density at radius 2 is 2.10 bits per heavy atom. The summed E-state index contributed by atoms with van der Waals surface area (Å²) in [6.45, 7) is 0.493. The summed E-state index contributed by atoms with van der Waals surface area (Å²) in [4.78, 5) is 15.9. The molecule has 2 fully saturated rings. The molecule has 2 aliphatic rings. The minimum Gasteiger partial charge on any atom is -0.339 e. The highest BCUT2D eigenvalue weighted by molar-refractivity contribution is 7.89. The summed E-state index contributed by atoms with van der Waals surface area (Å²) in [5.74, 6) is 0.106. The molecule has 2 heterocycles. The van der Waals surface area contributed by atoms with Gasteiger partial charge in [0, 0.05) is 38.2 Å². The number of ketones is 1. The third kappa shape index (κ3) is 2.18. The average Bonchev–Trinajstić information content (AvgIpc) is 3.07. The zero-order valence-electron chi connectivity index (χ0n) is 11.5. The maximum absolute atomic E-state index is 12.7. The van der Waals surface area contributed by atoms with Crippen molar-refractivity contribution in [3.05, 3.63) is 12.5 Å². The molecule has 20 heavy (non-hydrogen) atoms. The van der Waals surface area contributed by atoms with Gasteiger partial charge in [-0.1, -0.05) is 0 Å². The van der Waals surface area contributed by atoms with Crippen LogP contribution in [-0.4, -0.2) is 40.6 Å². The Morgan fingerprint density at radius 1 is 1.30 bits per heavy atom. The second kappa shape index (κ2) is 4.96. The van der Waals surface area contributed by atoms with Gasteiger partial charge in [0.05, 0.1) is 6.33 Å². The largest absolute Gasteiger partial charge is 0.339 e. The molecule has 0 N–H and O–H groups in total. The predicted octanol–water partition coefficient (Wildman–Crippen LogP) is 0.942. The van der Waals surface area contributed by atoms with Gasteiger partial charge in [-0.3, -0.25) is 4.79 Å². The number of carbonyl (C=O) groups is 1. The third-order valence-corrected chi connectivity index (χ3v) is 6.13. The third-order valence-electron chi connectivity index (χ3n) is 4.32. The average molecular weight is 297 g/mol. The first kappa shape index (κ1) is 13.8. The number of Topliss-reactive ketones (excluding diaryl/α,β-unsaturated/α-hetero) is 1. The Labute approximate surface area is 118 Å². The number of nitrogens with zero attached hydrogens (tertiary/aromatic N) is 3. The molecular weight excluding hydrogens is 278 g/mol. The van der Waals surface area contributed by atoms with E-state index in [2.05, 4.69) is 4.98 Å². The van der Waals surface area contributed by atoms with Crippen molar-refractivity contribution in [2.24, 2.45) is 13.0 Å². The lowest BCUT2D eigenvalue weighted by molar-refractivity contribution is -0.121. The van der Waals surface area contributed by atoms with E-state index in [0.29, 0.717) is 13.0 Å². The van der Waals surface area contributed by atoms with Gasteiger partial charge in [0.15, 0.2) is 5.03 Å². The topological polar surface area (TPSA) is 72.3 Å². The van der Waals surface area contributed by atoms with Crippen molar-refractivity contribution in [1.82, 2.24) is 13.9 Å². The molecule has 7 heteroatoms. The molecule has 2 unspecified atom stereocenters. The molecule has 1 saturated carbocycles. The summed E-state index contributed by atoms with van der Waals surface area (Å²) in [7, 11) is -1.83. The lowest BCUT2D eigenvalue weighted by Crippen LogP contribution is -2.41. The molecule has 1 aliphatic heterocycles. The van der Waals surface area contributed by atoms with Gasteiger partial charge < -0.3 is 4.57 Å². The highest BCUT2D eigenvalue weighted by atomic mass is 32.2. The molecule has 2 atom stereocenters. The minimum absolute atomic E-state index is 0.0809. The molecular formula is C13H19N3O3S. The van der Waals surface area contributed by atoms with Crippen LogP contribution in [0, 0.1) is 5.92 Å². The Kier molecular flexibility index (Phi) is 3.41. The molecule has 0 radical (unpaired) electrons. The van der Waals surface area contributed by atoms with Crippen LogP contribution in [0.15, 0.2) is 17.6 Å². The molecule has 1 saturated heterocycles. The summed E-state index contributed by atoms with van der Waals surface area (Å²) in [6, 6.07) is -0.169. The van der Waals surface area contributed by atoms with Crippen molar-refractivity contribution in [3.63, 3.8) is 0 Å². The Balaban J connectivity index is 1.90. The van der Waals surface area contributed by atoms with E-state index in [-0.39, 0.29) is 22.8 Å². The number of imidazole rings is 1. The highest BCUT2D eigenvalue weighted by Gasteiger charge is 2.43. The van der Waals surface area contributed by atoms with E-state index in [4.69, 9.17) is 0 Å². The minimum atomic E-state index is -3.58. The van der Waals surface area contributed by atoms with Crippen molar-refractivity contribution in [3.8, 4) is 0 Å². The molecule has 110 valence electrons. The molecule has 1 aromatic rings. The molecule has 3 rings (SSSR count). The van der Waals surface area contributed by atoms with Crippen LogP contribution < -0.4 is 0 Å². The first-order valence-corrected chi connectivity index (χ1v) is 8.46. The van der Waals surface area contributed by atoms with E-state index in [9.17, 15) is 13.2 Å². The number of aryl methyl sites for hydroxylation is 1. The van der Waals surface area contributed by atoms with Gasteiger partial charge in [0.1, 0.15) is 5.78 Å². The van der Waals surface area contributed by atoms with Gasteiger partial charge in [-0.05, 0) is 25.7 Å². The van der Waals surface area contributed by atoms with Gasteiger partial charge >= 0.3 is 0 Å². The number of rotatable bonds is 3. The lowest BCUT2D eigenvalue weighted by atomic mass is 9.96. The van der Waals surface area contributed by atoms with Gasteiger partial charge in [-0.25, -0.2) is 13.4 Å². The van der Waals surface area contributed by atoms with Gasteiger partial charge in [-0.15, -0.1) is 0 Å². The summed E-state index contributed by atoms with van der Waals surface area (Å²) in [5, 5.41) is 0.0809. The molecule has 1 aromatic heterocycles. The zero-order valence-corrected chi connectivity index (χ0v) is 12.3. The quantitative estimate of drug-likeness (QED) is 0.832. The second-order valence-electron chi connectivity index (χ2n) is 5.67. The molecule has 1 aliphatic carbocycles. The Hall–Kier alpha value is -1.21. The van der Waals surface area contributed by atoms with Crippen LogP contribution in [0.25, 0.3) is 0 Å². The molecule has 0 aromatic carbocycles. The smallest absolute Gasteiger partial charge is 0.262 e. The van der Waals surface area contributed by atoms with Crippen molar-refractivity contribution in [2.45, 2.75) is 43.2 Å². The SMILES string of the molecule is Cn1cnc(S(=O)(=O)N2CCCC2C2CCCC2=O)c1. The summed E-state index contributed by atoms with van der Waals surface area (Å²) < 4.78 is 28.4. The number of aromatic nitrogens is 2. The van der Waals surface area contributed by atoms with E-state index in [1.165, 1.54) is 16.8 Å². The number of hydrogen-bond acceptors (Lipinski definition) is 4. The van der Waals surface area contributed by atoms with Crippen LogP contribution in [0.3, 0.4) is 0 Å². The van der Waals surface area contributed by atoms with Crippen LogP contribution in [0.1, 0.15) is 32.1 Å². The number of hydrogen-bond donors (Lipinski definition) is 0. The van der Waals surface area contributed by atoms with Gasteiger partial charge in [0.25, 0.3) is 10.0 Å². The standard InChI is InChI=1S/C13H19N3O3S/c1-15-8-13(14-9-15)20(18,19)16-7-3-5-11(16)10-4-2-6-12(10)17/h8-11H,2-7H2,1H3. The molecule has 0 amide bonds.